The van der Waals surface area contributed by atoms with E-state index in [0.29, 0.717) is 25.1 Å². The van der Waals surface area contributed by atoms with Crippen LogP contribution in [0.5, 0.6) is 5.75 Å². The predicted octanol–water partition coefficient (Wildman–Crippen LogP) is 2.91. The SMILES string of the molecule is Cc1c(F)cc(O[C@H]2CCCN(C(=O)Cn3cc(NC(=O)CCNc4ccnc(F)n4)cn3)C2)cc1F. The van der Waals surface area contributed by atoms with Gasteiger partial charge in [0, 0.05) is 49.6 Å². The van der Waals surface area contributed by atoms with E-state index in [2.05, 4.69) is 25.7 Å². The van der Waals surface area contributed by atoms with Gasteiger partial charge in [0.05, 0.1) is 18.4 Å². The number of amides is 2. The lowest BCUT2D eigenvalue weighted by Gasteiger charge is -2.33. The molecule has 0 bridgehead atoms. The highest BCUT2D eigenvalue weighted by atomic mass is 19.1. The van der Waals surface area contributed by atoms with Gasteiger partial charge in [-0.05, 0) is 25.8 Å². The lowest BCUT2D eigenvalue weighted by atomic mass is 10.1. The lowest BCUT2D eigenvalue weighted by Crippen LogP contribution is -2.45. The Labute approximate surface area is 210 Å². The fraction of sp³-hybridized carbons (Fsp3) is 0.375. The van der Waals surface area contributed by atoms with E-state index in [9.17, 15) is 22.8 Å². The minimum absolute atomic E-state index is 0.0444. The molecule has 3 aromatic rings. The number of ether oxygens (including phenoxy) is 1. The fourth-order valence-electron chi connectivity index (χ4n) is 3.86. The summed E-state index contributed by atoms with van der Waals surface area (Å²) >= 11 is 0. The molecule has 2 N–H and O–H groups in total. The summed E-state index contributed by atoms with van der Waals surface area (Å²) in [5.74, 6) is -1.50. The average Bonchev–Trinajstić information content (AvgIpc) is 3.29. The second-order valence-electron chi connectivity index (χ2n) is 8.60. The predicted molar refractivity (Wildman–Crippen MR) is 127 cm³/mol. The largest absolute Gasteiger partial charge is 0.488 e. The Balaban J connectivity index is 1.23. The summed E-state index contributed by atoms with van der Waals surface area (Å²) in [6.07, 6.45) is 4.42. The van der Waals surface area contributed by atoms with Crippen molar-refractivity contribution in [3.05, 3.63) is 60.1 Å². The van der Waals surface area contributed by atoms with Gasteiger partial charge in [-0.15, -0.1) is 0 Å². The number of halogens is 3. The summed E-state index contributed by atoms with van der Waals surface area (Å²) in [5.41, 5.74) is 0.354. The first-order valence-corrected chi connectivity index (χ1v) is 11.7. The second kappa shape index (κ2) is 11.7. The van der Waals surface area contributed by atoms with E-state index in [1.807, 2.05) is 0 Å². The zero-order valence-corrected chi connectivity index (χ0v) is 20.1. The minimum Gasteiger partial charge on any atom is -0.488 e. The molecule has 1 atom stereocenters. The third-order valence-electron chi connectivity index (χ3n) is 5.79. The third-order valence-corrected chi connectivity index (χ3v) is 5.79. The van der Waals surface area contributed by atoms with Crippen molar-refractivity contribution in [2.24, 2.45) is 0 Å². The Bertz CT molecular complexity index is 1250. The second-order valence-corrected chi connectivity index (χ2v) is 8.60. The van der Waals surface area contributed by atoms with Gasteiger partial charge in [0.15, 0.2) is 0 Å². The molecular weight excluding hydrogens is 491 g/mol. The molecule has 2 aromatic heterocycles. The van der Waals surface area contributed by atoms with Gasteiger partial charge in [-0.1, -0.05) is 0 Å². The topological polar surface area (TPSA) is 114 Å². The molecule has 1 fully saturated rings. The molecular formula is C24H26F3N7O3. The monoisotopic (exact) mass is 517 g/mol. The molecule has 0 saturated carbocycles. The molecule has 4 rings (SSSR count). The maximum absolute atomic E-state index is 13.8. The molecule has 0 aliphatic carbocycles. The molecule has 37 heavy (non-hydrogen) atoms. The molecule has 10 nitrogen and oxygen atoms in total. The molecule has 3 heterocycles. The van der Waals surface area contributed by atoms with Crippen LogP contribution in [0.25, 0.3) is 0 Å². The molecule has 1 aliphatic rings. The highest BCUT2D eigenvalue weighted by Crippen LogP contribution is 2.23. The van der Waals surface area contributed by atoms with E-state index < -0.39 is 17.7 Å². The molecule has 196 valence electrons. The van der Waals surface area contributed by atoms with Crippen LogP contribution in [-0.4, -0.2) is 62.2 Å². The van der Waals surface area contributed by atoms with E-state index in [1.165, 1.54) is 30.1 Å². The van der Waals surface area contributed by atoms with Crippen molar-refractivity contribution in [3.63, 3.8) is 0 Å². The summed E-state index contributed by atoms with van der Waals surface area (Å²) < 4.78 is 47.8. The van der Waals surface area contributed by atoms with Crippen molar-refractivity contribution in [2.45, 2.75) is 38.8 Å². The van der Waals surface area contributed by atoms with Crippen molar-refractivity contribution >= 4 is 23.3 Å². The van der Waals surface area contributed by atoms with Crippen LogP contribution >= 0.6 is 0 Å². The van der Waals surface area contributed by atoms with Gasteiger partial charge in [0.1, 0.15) is 35.9 Å². The number of benzene rings is 1. The number of anilines is 2. The summed E-state index contributed by atoms with van der Waals surface area (Å²) in [6.45, 7) is 2.35. The smallest absolute Gasteiger partial charge is 0.310 e. The van der Waals surface area contributed by atoms with Gasteiger partial charge in [-0.25, -0.2) is 13.8 Å². The summed E-state index contributed by atoms with van der Waals surface area (Å²) in [5, 5.41) is 9.63. The Kier molecular flexibility index (Phi) is 8.21. The molecule has 0 radical (unpaired) electrons. The van der Waals surface area contributed by atoms with Crippen molar-refractivity contribution in [1.82, 2.24) is 24.6 Å². The number of hydrogen-bond donors (Lipinski definition) is 2. The number of piperidine rings is 1. The number of likely N-dealkylation sites (tertiary alicyclic amines) is 1. The van der Waals surface area contributed by atoms with E-state index >= 15 is 0 Å². The third kappa shape index (κ3) is 7.18. The first kappa shape index (κ1) is 25.9. The number of hydrogen-bond acceptors (Lipinski definition) is 7. The van der Waals surface area contributed by atoms with Crippen molar-refractivity contribution in [3.8, 4) is 5.75 Å². The Morgan fingerprint density at radius 2 is 2.00 bits per heavy atom. The van der Waals surface area contributed by atoms with Gasteiger partial charge < -0.3 is 20.3 Å². The van der Waals surface area contributed by atoms with Gasteiger partial charge >= 0.3 is 6.08 Å². The Hall–Kier alpha value is -4.16. The number of aromatic nitrogens is 4. The Morgan fingerprint density at radius 1 is 1.22 bits per heavy atom. The zero-order chi connectivity index (χ0) is 26.4. The molecule has 13 heteroatoms. The van der Waals surface area contributed by atoms with E-state index in [4.69, 9.17) is 4.74 Å². The van der Waals surface area contributed by atoms with E-state index in [0.717, 1.165) is 12.1 Å². The van der Waals surface area contributed by atoms with Crippen molar-refractivity contribution < 1.29 is 27.5 Å². The Morgan fingerprint density at radius 3 is 2.76 bits per heavy atom. The van der Waals surface area contributed by atoms with Crippen LogP contribution in [0.2, 0.25) is 0 Å². The first-order valence-electron chi connectivity index (χ1n) is 11.7. The van der Waals surface area contributed by atoms with Crippen LogP contribution in [0, 0.1) is 24.6 Å². The van der Waals surface area contributed by atoms with Crippen LogP contribution < -0.4 is 15.4 Å². The number of carbonyl (C=O) groups excluding carboxylic acids is 2. The maximum atomic E-state index is 13.8. The van der Waals surface area contributed by atoms with Crippen molar-refractivity contribution in [1.29, 1.82) is 0 Å². The van der Waals surface area contributed by atoms with Crippen LogP contribution in [0.15, 0.2) is 36.8 Å². The number of carbonyl (C=O) groups is 2. The highest BCUT2D eigenvalue weighted by molar-refractivity contribution is 5.90. The first-order chi connectivity index (χ1) is 17.8. The van der Waals surface area contributed by atoms with Gasteiger partial charge in [0.25, 0.3) is 0 Å². The summed E-state index contributed by atoms with van der Waals surface area (Å²) in [6, 6.07) is 3.77. The quantitative estimate of drug-likeness (QED) is 0.420. The van der Waals surface area contributed by atoms with E-state index in [1.54, 1.807) is 11.1 Å². The number of rotatable bonds is 9. The maximum Gasteiger partial charge on any atom is 0.310 e. The van der Waals surface area contributed by atoms with Crippen LogP contribution in [0.1, 0.15) is 24.8 Å². The fourth-order valence-corrected chi connectivity index (χ4v) is 3.86. The normalized spacial score (nSPS) is 15.4. The van der Waals surface area contributed by atoms with Gasteiger partial charge in [0.2, 0.25) is 11.8 Å². The molecule has 1 saturated heterocycles. The highest BCUT2D eigenvalue weighted by Gasteiger charge is 2.26. The molecule has 2 amide bonds. The summed E-state index contributed by atoms with van der Waals surface area (Å²) in [4.78, 5) is 33.5. The molecule has 0 unspecified atom stereocenters. The molecule has 0 spiro atoms. The molecule has 1 aromatic carbocycles. The number of nitrogens with zero attached hydrogens (tertiary/aromatic N) is 5. The number of nitrogens with one attached hydrogen (secondary N) is 2. The van der Waals surface area contributed by atoms with Crippen LogP contribution in [0.3, 0.4) is 0 Å². The van der Waals surface area contributed by atoms with Crippen LogP contribution in [0.4, 0.5) is 24.7 Å². The molecule has 1 aliphatic heterocycles. The zero-order valence-electron chi connectivity index (χ0n) is 20.1. The van der Waals surface area contributed by atoms with Crippen LogP contribution in [-0.2, 0) is 16.1 Å². The standard InChI is InChI=1S/C24H26F3N7O3/c1-15-19(25)9-18(10-20(15)26)37-17-3-2-8-33(13-17)23(36)14-34-12-16(11-30-34)31-22(35)5-7-28-21-4-6-29-24(27)32-21/h4,6,9-12,17H,2-3,5,7-8,13-14H2,1H3,(H,31,35)(H,28,29,32)/t17-/m0/s1. The van der Waals surface area contributed by atoms with Gasteiger partial charge in [-0.3, -0.25) is 14.3 Å². The average molecular weight is 518 g/mol. The minimum atomic E-state index is -0.860. The lowest BCUT2D eigenvalue weighted by molar-refractivity contribution is -0.134. The summed E-state index contributed by atoms with van der Waals surface area (Å²) in [7, 11) is 0. The van der Waals surface area contributed by atoms with Crippen molar-refractivity contribution in [2.75, 3.05) is 30.3 Å². The van der Waals surface area contributed by atoms with E-state index in [-0.39, 0.29) is 61.1 Å². The van der Waals surface area contributed by atoms with Gasteiger partial charge in [-0.2, -0.15) is 14.5 Å².